The van der Waals surface area contributed by atoms with E-state index in [0.29, 0.717) is 0 Å². The summed E-state index contributed by atoms with van der Waals surface area (Å²) in [6.45, 7) is 0. The van der Waals surface area contributed by atoms with Crippen LogP contribution >= 0.6 is 15.9 Å². The summed E-state index contributed by atoms with van der Waals surface area (Å²) in [6.07, 6.45) is 0.687. The van der Waals surface area contributed by atoms with Crippen molar-refractivity contribution in [2.75, 3.05) is 7.11 Å². The van der Waals surface area contributed by atoms with Gasteiger partial charge in [0, 0.05) is 28.1 Å². The maximum Gasteiger partial charge on any atom is 0.127 e. The Labute approximate surface area is 126 Å². The summed E-state index contributed by atoms with van der Waals surface area (Å²) in [5.74, 6) is 1.69. The first-order chi connectivity index (χ1) is 9.69. The maximum atomic E-state index is 6.27. The Hall–Kier alpha value is -1.52. The van der Waals surface area contributed by atoms with Crippen LogP contribution in [0.4, 0.5) is 0 Å². The monoisotopic (exact) mass is 333 g/mol. The molecule has 3 nitrogen and oxygen atoms in total. The van der Waals surface area contributed by atoms with Crippen LogP contribution < -0.4 is 15.2 Å². The van der Waals surface area contributed by atoms with Gasteiger partial charge in [-0.25, -0.2) is 0 Å². The van der Waals surface area contributed by atoms with Crippen LogP contribution in [0.2, 0.25) is 0 Å². The lowest BCUT2D eigenvalue weighted by molar-refractivity contribution is 0.160. The lowest BCUT2D eigenvalue weighted by Gasteiger charge is -2.31. The molecule has 2 N–H and O–H groups in total. The van der Waals surface area contributed by atoms with Crippen LogP contribution in [0.1, 0.15) is 29.7 Å². The normalized spacial score (nSPS) is 20.9. The Morgan fingerprint density at radius 1 is 1.20 bits per heavy atom. The van der Waals surface area contributed by atoms with Crippen LogP contribution in [-0.2, 0) is 0 Å². The summed E-state index contributed by atoms with van der Waals surface area (Å²) in [4.78, 5) is 0. The van der Waals surface area contributed by atoms with E-state index in [1.807, 2.05) is 42.5 Å². The third-order valence-corrected chi connectivity index (χ3v) is 4.33. The molecule has 0 saturated carbocycles. The van der Waals surface area contributed by atoms with Gasteiger partial charge in [0.2, 0.25) is 0 Å². The molecule has 104 valence electrons. The highest BCUT2D eigenvalue weighted by atomic mass is 79.9. The smallest absolute Gasteiger partial charge is 0.127 e. The number of nitrogens with two attached hydrogens (primary N) is 1. The Balaban J connectivity index is 1.97. The molecule has 1 heterocycles. The quantitative estimate of drug-likeness (QED) is 0.903. The molecule has 0 spiro atoms. The van der Waals surface area contributed by atoms with Crippen molar-refractivity contribution in [1.82, 2.24) is 0 Å². The van der Waals surface area contributed by atoms with Crippen molar-refractivity contribution in [3.05, 3.63) is 58.1 Å². The molecule has 0 fully saturated rings. The molecule has 0 amide bonds. The zero-order valence-electron chi connectivity index (χ0n) is 11.2. The summed E-state index contributed by atoms with van der Waals surface area (Å²) in [6, 6.07) is 13.8. The van der Waals surface area contributed by atoms with E-state index in [9.17, 15) is 0 Å². The number of ether oxygens (including phenoxy) is 2. The van der Waals surface area contributed by atoms with Gasteiger partial charge in [0.25, 0.3) is 0 Å². The molecule has 0 bridgehead atoms. The average Bonchev–Trinajstić information content (AvgIpc) is 2.48. The predicted molar refractivity (Wildman–Crippen MR) is 82.1 cm³/mol. The molecule has 3 rings (SSSR count). The first-order valence-electron chi connectivity index (χ1n) is 6.53. The van der Waals surface area contributed by atoms with Gasteiger partial charge in [-0.3, -0.25) is 0 Å². The predicted octanol–water partition coefficient (Wildman–Crippen LogP) is 3.98. The minimum atomic E-state index is -0.0654. The van der Waals surface area contributed by atoms with E-state index in [4.69, 9.17) is 15.2 Å². The molecule has 1 unspecified atom stereocenters. The minimum Gasteiger partial charge on any atom is -0.497 e. The summed E-state index contributed by atoms with van der Waals surface area (Å²) >= 11 is 3.58. The fourth-order valence-electron chi connectivity index (χ4n) is 2.54. The topological polar surface area (TPSA) is 44.5 Å². The largest absolute Gasteiger partial charge is 0.497 e. The van der Waals surface area contributed by atoms with E-state index in [0.717, 1.165) is 33.5 Å². The zero-order valence-corrected chi connectivity index (χ0v) is 12.8. The van der Waals surface area contributed by atoms with Gasteiger partial charge in [-0.2, -0.15) is 0 Å². The van der Waals surface area contributed by atoms with Gasteiger partial charge in [0.1, 0.15) is 17.6 Å². The second-order valence-electron chi connectivity index (χ2n) is 4.87. The van der Waals surface area contributed by atoms with Gasteiger partial charge in [-0.1, -0.05) is 34.1 Å². The van der Waals surface area contributed by atoms with E-state index >= 15 is 0 Å². The summed E-state index contributed by atoms with van der Waals surface area (Å²) in [5.41, 5.74) is 8.40. The van der Waals surface area contributed by atoms with Crippen LogP contribution in [-0.4, -0.2) is 7.11 Å². The van der Waals surface area contributed by atoms with E-state index < -0.39 is 0 Å². The van der Waals surface area contributed by atoms with Crippen LogP contribution in [0, 0.1) is 0 Å². The molecule has 0 aromatic heterocycles. The Morgan fingerprint density at radius 2 is 2.00 bits per heavy atom. The molecule has 0 aliphatic carbocycles. The zero-order chi connectivity index (χ0) is 14.1. The molecule has 0 saturated heterocycles. The fourth-order valence-corrected chi connectivity index (χ4v) is 3.04. The highest BCUT2D eigenvalue weighted by Gasteiger charge is 2.28. The second kappa shape index (κ2) is 5.46. The van der Waals surface area contributed by atoms with E-state index in [1.165, 1.54) is 0 Å². The van der Waals surface area contributed by atoms with Gasteiger partial charge < -0.3 is 15.2 Å². The van der Waals surface area contributed by atoms with Gasteiger partial charge in [0.05, 0.1) is 7.11 Å². The van der Waals surface area contributed by atoms with E-state index in [2.05, 4.69) is 15.9 Å². The number of benzene rings is 2. The van der Waals surface area contributed by atoms with E-state index in [-0.39, 0.29) is 12.1 Å². The molecule has 1 aliphatic heterocycles. The van der Waals surface area contributed by atoms with Crippen LogP contribution in [0.25, 0.3) is 0 Å². The summed E-state index contributed by atoms with van der Waals surface area (Å²) in [7, 11) is 1.66. The molecule has 1 aliphatic rings. The molecule has 2 atom stereocenters. The SMILES string of the molecule is COc1ccc(Br)c(C2C[C@H](N)c3ccccc3O2)c1. The molecule has 20 heavy (non-hydrogen) atoms. The van der Waals surface area contributed by atoms with Gasteiger partial charge in [-0.15, -0.1) is 0 Å². The summed E-state index contributed by atoms with van der Waals surface area (Å²) in [5, 5.41) is 0. The Kier molecular flexibility index (Phi) is 3.68. The van der Waals surface area contributed by atoms with Crippen LogP contribution in [0.5, 0.6) is 11.5 Å². The lowest BCUT2D eigenvalue weighted by Crippen LogP contribution is -2.24. The standard InChI is InChI=1S/C16H16BrNO2/c1-19-10-6-7-13(17)12(8-10)16-9-14(18)11-4-2-3-5-15(11)20-16/h2-8,14,16H,9,18H2,1H3/t14-,16?/m0/s1. The third kappa shape index (κ3) is 2.41. The molecule has 2 aromatic carbocycles. The first-order valence-corrected chi connectivity index (χ1v) is 7.33. The van der Waals surface area contributed by atoms with Gasteiger partial charge >= 0.3 is 0 Å². The first kappa shape index (κ1) is 13.5. The molecule has 4 heteroatoms. The van der Waals surface area contributed by atoms with Crippen molar-refractivity contribution < 1.29 is 9.47 Å². The number of fused-ring (bicyclic) bond motifs is 1. The van der Waals surface area contributed by atoms with Crippen molar-refractivity contribution in [2.45, 2.75) is 18.6 Å². The summed E-state index contributed by atoms with van der Waals surface area (Å²) < 4.78 is 12.4. The Bertz CT molecular complexity index is 630. The number of halogens is 1. The van der Waals surface area contributed by atoms with Crippen molar-refractivity contribution >= 4 is 15.9 Å². The van der Waals surface area contributed by atoms with Gasteiger partial charge in [0.15, 0.2) is 0 Å². The average molecular weight is 334 g/mol. The molecular formula is C16H16BrNO2. The number of hydrogen-bond acceptors (Lipinski definition) is 3. The second-order valence-corrected chi connectivity index (χ2v) is 5.73. The maximum absolute atomic E-state index is 6.27. The molecule has 2 aromatic rings. The van der Waals surface area contributed by atoms with Crippen molar-refractivity contribution in [1.29, 1.82) is 0 Å². The van der Waals surface area contributed by atoms with E-state index in [1.54, 1.807) is 7.11 Å². The van der Waals surface area contributed by atoms with Crippen molar-refractivity contribution in [3.8, 4) is 11.5 Å². The minimum absolute atomic E-state index is 0.0111. The van der Waals surface area contributed by atoms with Crippen LogP contribution in [0.3, 0.4) is 0 Å². The van der Waals surface area contributed by atoms with Crippen molar-refractivity contribution in [3.63, 3.8) is 0 Å². The number of para-hydroxylation sites is 1. The third-order valence-electron chi connectivity index (χ3n) is 3.61. The number of hydrogen-bond donors (Lipinski definition) is 1. The van der Waals surface area contributed by atoms with Crippen LogP contribution in [0.15, 0.2) is 46.9 Å². The number of rotatable bonds is 2. The number of methoxy groups -OCH3 is 1. The Morgan fingerprint density at radius 3 is 2.80 bits per heavy atom. The fraction of sp³-hybridized carbons (Fsp3) is 0.250. The van der Waals surface area contributed by atoms with Gasteiger partial charge in [-0.05, 0) is 24.3 Å². The molecule has 0 radical (unpaired) electrons. The molecular weight excluding hydrogens is 318 g/mol. The highest BCUT2D eigenvalue weighted by molar-refractivity contribution is 9.10. The lowest BCUT2D eigenvalue weighted by atomic mass is 9.93. The van der Waals surface area contributed by atoms with Crippen molar-refractivity contribution in [2.24, 2.45) is 5.73 Å². The highest BCUT2D eigenvalue weighted by Crippen LogP contribution is 2.42.